The molecule has 1 aromatic heterocycles. The highest BCUT2D eigenvalue weighted by atomic mass is 19.4. The number of anilines is 1. The molecule has 0 aliphatic rings. The van der Waals surface area contributed by atoms with Crippen LogP contribution in [0.1, 0.15) is 5.56 Å². The molecule has 0 unspecified atom stereocenters. The first-order valence-corrected chi connectivity index (χ1v) is 8.93. The molecule has 0 spiro atoms. The molecule has 3 rings (SSSR count). The first kappa shape index (κ1) is 21.4. The number of primary amides is 1. The summed E-state index contributed by atoms with van der Waals surface area (Å²) in [6.07, 6.45) is -4.90. The largest absolute Gasteiger partial charge is 0.522 e. The first-order chi connectivity index (χ1) is 14.1. The van der Waals surface area contributed by atoms with Crippen LogP contribution < -0.4 is 16.3 Å². The molecule has 2 aromatic carbocycles. The van der Waals surface area contributed by atoms with E-state index in [1.807, 2.05) is 31.2 Å². The van der Waals surface area contributed by atoms with Crippen molar-refractivity contribution in [3.05, 3.63) is 64.5 Å². The molecule has 30 heavy (non-hydrogen) atoms. The van der Waals surface area contributed by atoms with Crippen LogP contribution in [0.3, 0.4) is 0 Å². The molecule has 0 aliphatic carbocycles. The Morgan fingerprint density at radius 2 is 1.87 bits per heavy atom. The lowest BCUT2D eigenvalue weighted by Crippen LogP contribution is -2.47. The van der Waals surface area contributed by atoms with E-state index >= 15 is 0 Å². The van der Waals surface area contributed by atoms with Crippen molar-refractivity contribution in [2.45, 2.75) is 19.3 Å². The maximum absolute atomic E-state index is 12.4. The minimum Gasteiger partial charge on any atom is -0.423 e. The van der Waals surface area contributed by atoms with E-state index in [1.165, 1.54) is 24.1 Å². The maximum atomic E-state index is 12.4. The Hall–Kier alpha value is -3.33. The fourth-order valence-electron chi connectivity index (χ4n) is 3.21. The van der Waals surface area contributed by atoms with E-state index in [0.717, 1.165) is 11.1 Å². The lowest BCUT2D eigenvalue weighted by Gasteiger charge is -2.27. The Bertz CT molecular complexity index is 1140. The number of alkyl halides is 3. The highest BCUT2D eigenvalue weighted by Gasteiger charge is 2.33. The molecule has 0 aliphatic heterocycles. The average molecular weight is 420 g/mol. The summed E-state index contributed by atoms with van der Waals surface area (Å²) < 4.78 is 46.3. The predicted molar refractivity (Wildman–Crippen MR) is 106 cm³/mol. The third kappa shape index (κ3) is 4.62. The van der Waals surface area contributed by atoms with Gasteiger partial charge in [0.2, 0.25) is 5.91 Å². The number of benzene rings is 2. The van der Waals surface area contributed by atoms with E-state index in [9.17, 15) is 22.8 Å². The zero-order valence-electron chi connectivity index (χ0n) is 16.2. The number of hydrogen-bond acceptors (Lipinski definition) is 5. The van der Waals surface area contributed by atoms with E-state index in [0.29, 0.717) is 16.6 Å². The number of carbonyl (C=O) groups is 1. The molecule has 0 radical (unpaired) electrons. The number of ether oxygens (including phenoxy) is 1. The first-order valence-electron chi connectivity index (χ1n) is 8.93. The lowest BCUT2D eigenvalue weighted by molar-refractivity contribution is -0.324. The van der Waals surface area contributed by atoms with Crippen LogP contribution in [-0.4, -0.2) is 32.0 Å². The van der Waals surface area contributed by atoms with E-state index in [4.69, 9.17) is 10.2 Å². The fourth-order valence-corrected chi connectivity index (χ4v) is 3.21. The topological polar surface area (TPSA) is 85.8 Å². The minimum atomic E-state index is -4.90. The van der Waals surface area contributed by atoms with Crippen LogP contribution in [0.4, 0.5) is 18.9 Å². The van der Waals surface area contributed by atoms with Crippen LogP contribution in [0.5, 0.6) is 0 Å². The number of nitrogens with zero attached hydrogens (tertiary/aromatic N) is 1. The van der Waals surface area contributed by atoms with Gasteiger partial charge in [-0.15, -0.1) is 13.2 Å². The molecule has 158 valence electrons. The fraction of sp³-hybridized carbons (Fsp3) is 0.238. The van der Waals surface area contributed by atoms with Crippen LogP contribution >= 0.6 is 0 Å². The quantitative estimate of drug-likeness (QED) is 0.616. The second-order valence-corrected chi connectivity index (χ2v) is 6.76. The van der Waals surface area contributed by atoms with Crippen LogP contribution in [0.15, 0.2) is 57.7 Å². The Balaban J connectivity index is 2.04. The Labute approximate surface area is 169 Å². The second kappa shape index (κ2) is 8.19. The van der Waals surface area contributed by atoms with Gasteiger partial charge in [-0.2, -0.15) is 0 Å². The van der Waals surface area contributed by atoms with E-state index in [-0.39, 0.29) is 5.58 Å². The molecule has 0 fully saturated rings. The van der Waals surface area contributed by atoms with Crippen molar-refractivity contribution in [1.82, 2.24) is 0 Å². The van der Waals surface area contributed by atoms with Gasteiger partial charge in [0.25, 0.3) is 0 Å². The number of hydrogen-bond donors (Lipinski definition) is 1. The highest BCUT2D eigenvalue weighted by Crippen LogP contribution is 2.32. The summed E-state index contributed by atoms with van der Waals surface area (Å²) in [7, 11) is 1.40. The molecular weight excluding hydrogens is 401 g/mol. The molecule has 1 heterocycles. The van der Waals surface area contributed by atoms with Crippen LogP contribution in [0.2, 0.25) is 0 Å². The highest BCUT2D eigenvalue weighted by molar-refractivity contribution is 5.96. The number of aryl methyl sites for hydroxylation is 1. The van der Waals surface area contributed by atoms with Crippen LogP contribution in [0, 0.1) is 6.92 Å². The van der Waals surface area contributed by atoms with Crippen molar-refractivity contribution < 1.29 is 27.1 Å². The van der Waals surface area contributed by atoms with Gasteiger partial charge in [-0.1, -0.05) is 24.3 Å². The number of halogens is 3. The van der Waals surface area contributed by atoms with E-state index in [1.54, 1.807) is 12.1 Å². The SMILES string of the molecule is Cc1ccccc1-c1cc(=O)oc2cc(N(C)[C@H](COC(F)(F)F)C(N)=O)ccc12. The van der Waals surface area contributed by atoms with Gasteiger partial charge in [0.05, 0.1) is 6.61 Å². The van der Waals surface area contributed by atoms with Crippen LogP contribution in [-0.2, 0) is 9.53 Å². The van der Waals surface area contributed by atoms with E-state index < -0.39 is 30.5 Å². The molecule has 2 N–H and O–H groups in total. The molecule has 0 saturated heterocycles. The Morgan fingerprint density at radius 3 is 2.50 bits per heavy atom. The molecule has 3 aromatic rings. The minimum absolute atomic E-state index is 0.227. The smallest absolute Gasteiger partial charge is 0.423 e. The number of rotatable bonds is 6. The van der Waals surface area contributed by atoms with Crippen molar-refractivity contribution in [2.75, 3.05) is 18.6 Å². The van der Waals surface area contributed by atoms with Crippen molar-refractivity contribution in [3.8, 4) is 11.1 Å². The normalized spacial score (nSPS) is 12.7. The van der Waals surface area contributed by atoms with Gasteiger partial charge in [-0.05, 0) is 30.2 Å². The summed E-state index contributed by atoms with van der Waals surface area (Å²) in [6, 6.07) is 12.3. The zero-order chi connectivity index (χ0) is 22.1. The molecule has 0 saturated carbocycles. The van der Waals surface area contributed by atoms with E-state index in [2.05, 4.69) is 4.74 Å². The summed E-state index contributed by atoms with van der Waals surface area (Å²) in [5.74, 6) is -0.989. The maximum Gasteiger partial charge on any atom is 0.522 e. The summed E-state index contributed by atoms with van der Waals surface area (Å²) in [5, 5.41) is 0.642. The second-order valence-electron chi connectivity index (χ2n) is 6.76. The van der Waals surface area contributed by atoms with Gasteiger partial charge in [0, 0.05) is 35.8 Å². The average Bonchev–Trinajstić information content (AvgIpc) is 2.66. The number of likely N-dealkylation sites (N-methyl/N-ethyl adjacent to an activating group) is 1. The van der Waals surface area contributed by atoms with Gasteiger partial charge < -0.3 is 15.1 Å². The van der Waals surface area contributed by atoms with Crippen molar-refractivity contribution >= 4 is 22.6 Å². The monoisotopic (exact) mass is 420 g/mol. The summed E-state index contributed by atoms with van der Waals surface area (Å²) >= 11 is 0. The Morgan fingerprint density at radius 1 is 1.17 bits per heavy atom. The van der Waals surface area contributed by atoms with Gasteiger partial charge in [0.1, 0.15) is 11.6 Å². The van der Waals surface area contributed by atoms with Gasteiger partial charge >= 0.3 is 12.0 Å². The number of fused-ring (bicyclic) bond motifs is 1. The molecular formula is C21H19F3N2O4. The van der Waals surface area contributed by atoms with Crippen molar-refractivity contribution in [2.24, 2.45) is 5.73 Å². The van der Waals surface area contributed by atoms with Gasteiger partial charge in [-0.25, -0.2) is 4.79 Å². The van der Waals surface area contributed by atoms with Crippen LogP contribution in [0.25, 0.3) is 22.1 Å². The lowest BCUT2D eigenvalue weighted by atomic mass is 9.98. The summed E-state index contributed by atoms with van der Waals surface area (Å²) in [6.45, 7) is 0.941. The third-order valence-electron chi connectivity index (χ3n) is 4.77. The number of amides is 1. The third-order valence-corrected chi connectivity index (χ3v) is 4.77. The molecule has 0 bridgehead atoms. The van der Waals surface area contributed by atoms with Gasteiger partial charge in [-0.3, -0.25) is 9.53 Å². The molecule has 9 heteroatoms. The standard InChI is InChI=1S/C21H19F3N2O4/c1-12-5-3-4-6-14(12)16-10-19(27)30-18-9-13(7-8-15(16)18)26(2)17(20(25)28)11-29-21(22,23)24/h3-10,17H,11H2,1-2H3,(H2,25,28)/t17-/m1/s1. The Kier molecular flexibility index (Phi) is 5.84. The van der Waals surface area contributed by atoms with Crippen molar-refractivity contribution in [3.63, 3.8) is 0 Å². The van der Waals surface area contributed by atoms with Crippen molar-refractivity contribution in [1.29, 1.82) is 0 Å². The molecule has 6 nitrogen and oxygen atoms in total. The zero-order valence-corrected chi connectivity index (χ0v) is 16.2. The predicted octanol–water partition coefficient (Wildman–Crippen LogP) is 3.59. The summed E-state index contributed by atoms with van der Waals surface area (Å²) in [5.41, 5.74) is 7.72. The molecule has 1 atom stereocenters. The molecule has 1 amide bonds. The number of nitrogens with two attached hydrogens (primary N) is 1. The summed E-state index contributed by atoms with van der Waals surface area (Å²) in [4.78, 5) is 25.1. The number of carbonyl (C=O) groups excluding carboxylic acids is 1. The van der Waals surface area contributed by atoms with Gasteiger partial charge in [0.15, 0.2) is 0 Å².